The molecule has 0 saturated heterocycles. The predicted molar refractivity (Wildman–Crippen MR) is 38.5 cm³/mol. The summed E-state index contributed by atoms with van der Waals surface area (Å²) in [6.45, 7) is 1.28. The second kappa shape index (κ2) is 4.40. The maximum Gasteiger partial charge on any atom is 0.117 e. The highest BCUT2D eigenvalue weighted by Crippen LogP contribution is 2.02. The molecule has 0 spiro atoms. The van der Waals surface area contributed by atoms with Crippen LogP contribution in [0.4, 0.5) is 0 Å². The Bertz CT molecular complexity index is 128. The molecule has 0 aliphatic carbocycles. The first-order valence-corrected chi connectivity index (χ1v) is 3.23. The first-order chi connectivity index (χ1) is 5.00. The molecule has 0 aliphatic rings. The van der Waals surface area contributed by atoms with Gasteiger partial charge in [-0.25, -0.2) is 0 Å². The molecule has 5 N–H and O–H groups in total. The van der Waals surface area contributed by atoms with E-state index in [0.29, 0.717) is 6.21 Å². The van der Waals surface area contributed by atoms with E-state index < -0.39 is 24.4 Å². The molecule has 5 nitrogen and oxygen atoms in total. The molecule has 0 aromatic rings. The van der Waals surface area contributed by atoms with E-state index in [0.717, 1.165) is 0 Å². The van der Waals surface area contributed by atoms with Crippen LogP contribution in [0.1, 0.15) is 6.92 Å². The summed E-state index contributed by atoms with van der Waals surface area (Å²) < 4.78 is 0. The Morgan fingerprint density at radius 3 is 1.82 bits per heavy atom. The van der Waals surface area contributed by atoms with Crippen molar-refractivity contribution in [3.8, 4) is 0 Å². The maximum atomic E-state index is 8.95. The highest BCUT2D eigenvalue weighted by molar-refractivity contribution is 5.59. The van der Waals surface area contributed by atoms with Gasteiger partial charge in [0.2, 0.25) is 0 Å². The number of rotatable bonds is 4. The first-order valence-electron chi connectivity index (χ1n) is 3.23. The average molecular weight is 163 g/mol. The van der Waals surface area contributed by atoms with Crippen LogP contribution < -0.4 is 0 Å². The summed E-state index contributed by atoms with van der Waals surface area (Å²) in [7, 11) is 0. The summed E-state index contributed by atoms with van der Waals surface area (Å²) in [4.78, 5) is 0. The minimum atomic E-state index is -1.51. The summed E-state index contributed by atoms with van der Waals surface area (Å²) in [5.41, 5.74) is 0. The van der Waals surface area contributed by atoms with Crippen molar-refractivity contribution in [3.05, 3.63) is 0 Å². The standard InChI is InChI=1S/C6H13NO4/c1-3(8)5(10)6(11)4(9)2-7/h2-11H,1H3. The molecule has 0 radical (unpaired) electrons. The molecule has 0 aliphatic heterocycles. The highest BCUT2D eigenvalue weighted by Gasteiger charge is 2.26. The normalized spacial score (nSPS) is 21.9. The fourth-order valence-corrected chi connectivity index (χ4v) is 0.586. The van der Waals surface area contributed by atoms with Crippen LogP contribution in [0.25, 0.3) is 0 Å². The Hall–Kier alpha value is -0.490. The Balaban J connectivity index is 4.00. The van der Waals surface area contributed by atoms with E-state index in [4.69, 9.17) is 25.8 Å². The van der Waals surface area contributed by atoms with Gasteiger partial charge < -0.3 is 25.8 Å². The van der Waals surface area contributed by atoms with Crippen molar-refractivity contribution in [1.82, 2.24) is 0 Å². The third-order valence-corrected chi connectivity index (χ3v) is 1.36. The van der Waals surface area contributed by atoms with Gasteiger partial charge in [0.15, 0.2) is 0 Å². The molecule has 0 aromatic carbocycles. The van der Waals surface area contributed by atoms with E-state index in [2.05, 4.69) is 0 Å². The molecular weight excluding hydrogens is 150 g/mol. The second-order valence-corrected chi connectivity index (χ2v) is 2.38. The van der Waals surface area contributed by atoms with Crippen molar-refractivity contribution in [2.45, 2.75) is 31.3 Å². The third kappa shape index (κ3) is 2.94. The molecule has 0 amide bonds. The summed E-state index contributed by atoms with van der Waals surface area (Å²) in [5, 5.41) is 41.9. The van der Waals surface area contributed by atoms with Crippen LogP contribution in [0.2, 0.25) is 0 Å². The molecule has 0 saturated carbocycles. The number of nitrogens with one attached hydrogen (secondary N) is 1. The molecule has 11 heavy (non-hydrogen) atoms. The van der Waals surface area contributed by atoms with Gasteiger partial charge in [0, 0.05) is 6.21 Å². The first kappa shape index (κ1) is 10.5. The smallest absolute Gasteiger partial charge is 0.117 e. The van der Waals surface area contributed by atoms with E-state index in [1.165, 1.54) is 6.92 Å². The lowest BCUT2D eigenvalue weighted by Crippen LogP contribution is -2.43. The lowest BCUT2D eigenvalue weighted by Gasteiger charge is -2.21. The summed E-state index contributed by atoms with van der Waals surface area (Å²) in [5.74, 6) is 0. The third-order valence-electron chi connectivity index (χ3n) is 1.36. The topological polar surface area (TPSA) is 105 Å². The lowest BCUT2D eigenvalue weighted by atomic mass is 10.1. The predicted octanol–water partition coefficient (Wildman–Crippen LogP) is -1.90. The monoisotopic (exact) mass is 163 g/mol. The summed E-state index contributed by atoms with van der Waals surface area (Å²) in [6, 6.07) is 0. The van der Waals surface area contributed by atoms with E-state index in [1.807, 2.05) is 0 Å². The molecule has 0 rings (SSSR count). The van der Waals surface area contributed by atoms with Crippen LogP contribution in [-0.4, -0.2) is 51.1 Å². The maximum absolute atomic E-state index is 8.95. The van der Waals surface area contributed by atoms with Crippen molar-refractivity contribution in [1.29, 1.82) is 5.41 Å². The van der Waals surface area contributed by atoms with Crippen molar-refractivity contribution < 1.29 is 20.4 Å². The molecule has 5 heteroatoms. The van der Waals surface area contributed by atoms with Crippen LogP contribution in [0.3, 0.4) is 0 Å². The summed E-state index contributed by atoms with van der Waals surface area (Å²) in [6.07, 6.45) is -4.89. The number of hydrogen-bond acceptors (Lipinski definition) is 5. The van der Waals surface area contributed by atoms with Gasteiger partial charge in [-0.1, -0.05) is 0 Å². The van der Waals surface area contributed by atoms with Gasteiger partial charge in [0.1, 0.15) is 18.3 Å². The number of aliphatic hydroxyl groups is 4. The minimum Gasteiger partial charge on any atom is -0.391 e. The van der Waals surface area contributed by atoms with Crippen LogP contribution in [0, 0.1) is 5.41 Å². The largest absolute Gasteiger partial charge is 0.391 e. The van der Waals surface area contributed by atoms with Crippen LogP contribution in [-0.2, 0) is 0 Å². The minimum absolute atomic E-state index is 0.594. The molecular formula is C6H13NO4. The molecule has 0 heterocycles. The van der Waals surface area contributed by atoms with E-state index >= 15 is 0 Å². The Morgan fingerprint density at radius 2 is 1.55 bits per heavy atom. The van der Waals surface area contributed by atoms with Gasteiger partial charge in [-0.15, -0.1) is 0 Å². The molecule has 0 aromatic heterocycles. The van der Waals surface area contributed by atoms with Gasteiger partial charge in [0.05, 0.1) is 6.10 Å². The zero-order valence-electron chi connectivity index (χ0n) is 6.18. The van der Waals surface area contributed by atoms with E-state index in [-0.39, 0.29) is 0 Å². The van der Waals surface area contributed by atoms with Crippen LogP contribution >= 0.6 is 0 Å². The Labute approximate surface area is 64.4 Å². The van der Waals surface area contributed by atoms with E-state index in [9.17, 15) is 0 Å². The van der Waals surface area contributed by atoms with Gasteiger partial charge >= 0.3 is 0 Å². The van der Waals surface area contributed by atoms with E-state index in [1.54, 1.807) is 0 Å². The fourth-order valence-electron chi connectivity index (χ4n) is 0.586. The average Bonchev–Trinajstić information content (AvgIpc) is 2.00. The molecule has 4 atom stereocenters. The van der Waals surface area contributed by atoms with Crippen molar-refractivity contribution in [3.63, 3.8) is 0 Å². The van der Waals surface area contributed by atoms with Crippen molar-refractivity contribution in [2.75, 3.05) is 0 Å². The Morgan fingerprint density at radius 1 is 1.09 bits per heavy atom. The highest BCUT2D eigenvalue weighted by atomic mass is 16.4. The zero-order chi connectivity index (χ0) is 9.02. The molecule has 66 valence electrons. The van der Waals surface area contributed by atoms with Crippen LogP contribution in [0.15, 0.2) is 0 Å². The summed E-state index contributed by atoms with van der Waals surface area (Å²) >= 11 is 0. The number of hydrogen-bond donors (Lipinski definition) is 5. The molecule has 0 fully saturated rings. The van der Waals surface area contributed by atoms with Gasteiger partial charge in [0.25, 0.3) is 0 Å². The van der Waals surface area contributed by atoms with Crippen molar-refractivity contribution >= 4 is 6.21 Å². The Kier molecular flexibility index (Phi) is 4.20. The van der Waals surface area contributed by atoms with Gasteiger partial charge in [-0.3, -0.25) is 0 Å². The van der Waals surface area contributed by atoms with Gasteiger partial charge in [-0.05, 0) is 6.92 Å². The zero-order valence-corrected chi connectivity index (χ0v) is 6.18. The van der Waals surface area contributed by atoms with Gasteiger partial charge in [-0.2, -0.15) is 0 Å². The van der Waals surface area contributed by atoms with Crippen LogP contribution in [0.5, 0.6) is 0 Å². The fraction of sp³-hybridized carbons (Fsp3) is 0.833. The van der Waals surface area contributed by atoms with Crippen molar-refractivity contribution in [2.24, 2.45) is 0 Å². The molecule has 4 unspecified atom stereocenters. The SMILES string of the molecule is CC(O)C(O)C(O)C(O)C=N. The quantitative estimate of drug-likeness (QED) is 0.312. The number of aliphatic hydroxyl groups excluding tert-OH is 4. The lowest BCUT2D eigenvalue weighted by molar-refractivity contribution is -0.0821. The molecule has 0 bridgehead atoms. The second-order valence-electron chi connectivity index (χ2n) is 2.38.